The van der Waals surface area contributed by atoms with Crippen molar-refractivity contribution in [1.29, 1.82) is 0 Å². The molecule has 0 radical (unpaired) electrons. The van der Waals surface area contributed by atoms with Crippen LogP contribution in [0.25, 0.3) is 0 Å². The monoisotopic (exact) mass is 170 g/mol. The molecule has 0 bridgehead atoms. The summed E-state index contributed by atoms with van der Waals surface area (Å²) in [4.78, 5) is 0. The first-order valence-corrected chi connectivity index (χ1v) is 5.06. The zero-order chi connectivity index (χ0) is 7.78. The molecule has 0 aromatic heterocycles. The van der Waals surface area contributed by atoms with Gasteiger partial charge in [0.05, 0.1) is 0 Å². The molecule has 0 aliphatic carbocycles. The van der Waals surface area contributed by atoms with Crippen LogP contribution in [0.5, 0.6) is 0 Å². The Balaban J connectivity index is 0.000000112. The van der Waals surface area contributed by atoms with Crippen LogP contribution in [-0.2, 0) is 4.74 Å². The van der Waals surface area contributed by atoms with E-state index < -0.39 is 0 Å². The van der Waals surface area contributed by atoms with Crippen LogP contribution in [0.4, 0.5) is 0 Å². The predicted molar refractivity (Wildman–Crippen MR) is 50.8 cm³/mol. The molecule has 0 aromatic rings. The molecule has 0 amide bonds. The fraction of sp³-hybridized carbons (Fsp3) is 0.556. The minimum absolute atomic E-state index is 1.00. The van der Waals surface area contributed by atoms with Gasteiger partial charge in [-0.25, -0.2) is 0 Å². The molecule has 0 aromatic carbocycles. The van der Waals surface area contributed by atoms with Crippen molar-refractivity contribution >= 4 is 11.8 Å². The van der Waals surface area contributed by atoms with Crippen LogP contribution in [0.2, 0.25) is 0 Å². The van der Waals surface area contributed by atoms with Crippen molar-refractivity contribution in [3.8, 4) is 0 Å². The van der Waals surface area contributed by atoms with Gasteiger partial charge in [-0.1, -0.05) is 18.2 Å². The van der Waals surface area contributed by atoms with Crippen molar-refractivity contribution in [3.63, 3.8) is 0 Å². The zero-order valence-electron chi connectivity index (χ0n) is 6.66. The lowest BCUT2D eigenvalue weighted by molar-refractivity contribution is 0.198. The normalized spacial score (nSPS) is 21.1. The van der Waals surface area contributed by atoms with Gasteiger partial charge in [-0.3, -0.25) is 0 Å². The third-order valence-electron chi connectivity index (χ3n) is 1.44. The Morgan fingerprint density at radius 2 is 1.91 bits per heavy atom. The van der Waals surface area contributed by atoms with Crippen molar-refractivity contribution in [2.24, 2.45) is 0 Å². The Hall–Kier alpha value is -0.210. The number of hydrogen-bond donors (Lipinski definition) is 0. The van der Waals surface area contributed by atoms with Crippen molar-refractivity contribution in [3.05, 3.63) is 23.6 Å². The molecule has 62 valence electrons. The summed E-state index contributed by atoms with van der Waals surface area (Å²) in [6, 6.07) is 0. The van der Waals surface area contributed by atoms with E-state index in [4.69, 9.17) is 4.74 Å². The minimum atomic E-state index is 1.00. The molecule has 0 saturated carbocycles. The van der Waals surface area contributed by atoms with Crippen LogP contribution >= 0.6 is 11.8 Å². The standard InChI is InChI=1S/C5H6S.C4H8O/c1-2-4-6-5-3-1;1-2-4-5-3-1/h1-4H,5H2;1-4H2. The zero-order valence-corrected chi connectivity index (χ0v) is 7.48. The molecule has 0 spiro atoms. The smallest absolute Gasteiger partial charge is 0.0466 e. The first-order valence-electron chi connectivity index (χ1n) is 4.01. The largest absolute Gasteiger partial charge is 0.381 e. The quantitative estimate of drug-likeness (QED) is 0.552. The van der Waals surface area contributed by atoms with Crippen LogP contribution in [0.15, 0.2) is 23.6 Å². The van der Waals surface area contributed by atoms with Gasteiger partial charge < -0.3 is 4.74 Å². The third-order valence-corrected chi connectivity index (χ3v) is 2.18. The van der Waals surface area contributed by atoms with E-state index >= 15 is 0 Å². The summed E-state index contributed by atoms with van der Waals surface area (Å²) < 4.78 is 4.94. The predicted octanol–water partition coefficient (Wildman–Crippen LogP) is 2.60. The first-order chi connectivity index (χ1) is 5.50. The summed E-state index contributed by atoms with van der Waals surface area (Å²) >= 11 is 1.83. The van der Waals surface area contributed by atoms with Crippen LogP contribution in [-0.4, -0.2) is 19.0 Å². The highest BCUT2D eigenvalue weighted by Crippen LogP contribution is 2.05. The average molecular weight is 170 g/mol. The fourth-order valence-electron chi connectivity index (χ4n) is 0.856. The molecule has 2 heterocycles. The number of hydrogen-bond acceptors (Lipinski definition) is 2. The van der Waals surface area contributed by atoms with E-state index in [9.17, 15) is 0 Å². The number of allylic oxidation sites excluding steroid dienone is 2. The van der Waals surface area contributed by atoms with Gasteiger partial charge in [0.25, 0.3) is 0 Å². The van der Waals surface area contributed by atoms with Crippen LogP contribution in [0.1, 0.15) is 12.8 Å². The maximum absolute atomic E-state index is 4.94. The van der Waals surface area contributed by atoms with E-state index in [0.29, 0.717) is 0 Å². The Labute approximate surface area is 72.5 Å². The van der Waals surface area contributed by atoms with E-state index in [2.05, 4.69) is 17.6 Å². The number of thioether (sulfide) groups is 1. The fourth-order valence-corrected chi connectivity index (χ4v) is 1.39. The maximum atomic E-state index is 4.94. The number of ether oxygens (including phenoxy) is 1. The molecule has 2 rings (SSSR count). The Bertz CT molecular complexity index is 117. The van der Waals surface area contributed by atoms with Crippen molar-refractivity contribution in [1.82, 2.24) is 0 Å². The molecule has 1 nitrogen and oxygen atoms in total. The molecule has 1 fully saturated rings. The maximum Gasteiger partial charge on any atom is 0.0466 e. The van der Waals surface area contributed by atoms with Gasteiger partial charge in [-0.05, 0) is 18.2 Å². The molecule has 11 heavy (non-hydrogen) atoms. The van der Waals surface area contributed by atoms with Gasteiger partial charge in [0.2, 0.25) is 0 Å². The van der Waals surface area contributed by atoms with E-state index in [1.165, 1.54) is 12.8 Å². The lowest BCUT2D eigenvalue weighted by Crippen LogP contribution is -1.74. The Kier molecular flexibility index (Phi) is 5.25. The van der Waals surface area contributed by atoms with Crippen LogP contribution < -0.4 is 0 Å². The van der Waals surface area contributed by atoms with Crippen LogP contribution in [0, 0.1) is 0 Å². The lowest BCUT2D eigenvalue weighted by atomic mass is 10.4. The van der Waals surface area contributed by atoms with E-state index in [0.717, 1.165) is 19.0 Å². The van der Waals surface area contributed by atoms with Crippen molar-refractivity contribution in [2.75, 3.05) is 19.0 Å². The van der Waals surface area contributed by atoms with E-state index in [-0.39, 0.29) is 0 Å². The molecule has 1 saturated heterocycles. The molecular weight excluding hydrogens is 156 g/mol. The Morgan fingerprint density at radius 1 is 1.09 bits per heavy atom. The second-order valence-electron chi connectivity index (χ2n) is 2.41. The highest BCUT2D eigenvalue weighted by atomic mass is 32.2. The van der Waals surface area contributed by atoms with Gasteiger partial charge in [-0.15, -0.1) is 11.8 Å². The van der Waals surface area contributed by atoms with Crippen molar-refractivity contribution in [2.45, 2.75) is 12.8 Å². The summed E-state index contributed by atoms with van der Waals surface area (Å²) in [6.45, 7) is 2.00. The second kappa shape index (κ2) is 6.50. The van der Waals surface area contributed by atoms with Gasteiger partial charge in [0, 0.05) is 19.0 Å². The SMILES string of the molecule is C1=CCSC=C1.C1CCOC1. The van der Waals surface area contributed by atoms with Gasteiger partial charge in [0.15, 0.2) is 0 Å². The van der Waals surface area contributed by atoms with Crippen LogP contribution in [0.3, 0.4) is 0 Å². The summed E-state index contributed by atoms with van der Waals surface area (Å²) in [5, 5.41) is 2.10. The first kappa shape index (κ1) is 8.88. The second-order valence-corrected chi connectivity index (χ2v) is 3.35. The highest BCUT2D eigenvalue weighted by Gasteiger charge is 1.94. The van der Waals surface area contributed by atoms with Gasteiger partial charge in [-0.2, -0.15) is 0 Å². The molecular formula is C9H14OS. The average Bonchev–Trinajstić information content (AvgIpc) is 2.64. The molecule has 0 atom stereocenters. The van der Waals surface area contributed by atoms with Gasteiger partial charge in [0.1, 0.15) is 0 Å². The topological polar surface area (TPSA) is 9.23 Å². The van der Waals surface area contributed by atoms with Crippen molar-refractivity contribution < 1.29 is 4.74 Å². The summed E-state index contributed by atoms with van der Waals surface area (Å²) in [7, 11) is 0. The highest BCUT2D eigenvalue weighted by molar-refractivity contribution is 8.02. The Morgan fingerprint density at radius 3 is 2.09 bits per heavy atom. The molecule has 2 aliphatic rings. The molecule has 0 N–H and O–H groups in total. The van der Waals surface area contributed by atoms with Gasteiger partial charge >= 0.3 is 0 Å². The van der Waals surface area contributed by atoms with E-state index in [1.54, 1.807) is 0 Å². The molecule has 2 aliphatic heterocycles. The van der Waals surface area contributed by atoms with E-state index in [1.807, 2.05) is 17.8 Å². The summed E-state index contributed by atoms with van der Waals surface area (Å²) in [6.07, 6.45) is 8.81. The minimum Gasteiger partial charge on any atom is -0.381 e. The molecule has 0 unspecified atom stereocenters. The summed E-state index contributed by atoms with van der Waals surface area (Å²) in [5.74, 6) is 1.15. The lowest BCUT2D eigenvalue weighted by Gasteiger charge is -1.88. The third kappa shape index (κ3) is 5.10. The summed E-state index contributed by atoms with van der Waals surface area (Å²) in [5.41, 5.74) is 0. The number of rotatable bonds is 0. The molecule has 2 heteroatoms.